The standard InChI is InChI=1S/C12H26N2/c1-6-14(12(2,3)4)11-7-9-13(5)10-8-11/h11H,6-10H2,1-5H3. The second kappa shape index (κ2) is 4.63. The molecule has 0 atom stereocenters. The lowest BCUT2D eigenvalue weighted by Gasteiger charge is -2.44. The number of piperidine rings is 1. The molecule has 2 nitrogen and oxygen atoms in total. The molecule has 0 bridgehead atoms. The second-order valence-corrected chi connectivity index (χ2v) is 5.49. The molecule has 2 heteroatoms. The van der Waals surface area contributed by atoms with Gasteiger partial charge in [0.05, 0.1) is 0 Å². The molecule has 0 aromatic heterocycles. The Balaban J connectivity index is 2.54. The minimum absolute atomic E-state index is 0.329. The molecular weight excluding hydrogens is 172 g/mol. The van der Waals surface area contributed by atoms with Gasteiger partial charge in [0.1, 0.15) is 0 Å². The van der Waals surface area contributed by atoms with Gasteiger partial charge in [-0.3, -0.25) is 4.90 Å². The molecule has 84 valence electrons. The predicted molar refractivity (Wildman–Crippen MR) is 62.7 cm³/mol. The van der Waals surface area contributed by atoms with Gasteiger partial charge in [0, 0.05) is 11.6 Å². The summed E-state index contributed by atoms with van der Waals surface area (Å²) in [5, 5.41) is 0. The zero-order chi connectivity index (χ0) is 10.8. The van der Waals surface area contributed by atoms with Crippen LogP contribution < -0.4 is 0 Å². The Hall–Kier alpha value is -0.0800. The van der Waals surface area contributed by atoms with Gasteiger partial charge in [-0.25, -0.2) is 0 Å². The van der Waals surface area contributed by atoms with Crippen LogP contribution >= 0.6 is 0 Å². The van der Waals surface area contributed by atoms with E-state index in [1.165, 1.54) is 32.5 Å². The summed E-state index contributed by atoms with van der Waals surface area (Å²) < 4.78 is 0. The molecule has 1 saturated heterocycles. The molecule has 1 heterocycles. The van der Waals surface area contributed by atoms with E-state index in [1.54, 1.807) is 0 Å². The van der Waals surface area contributed by atoms with E-state index in [-0.39, 0.29) is 0 Å². The van der Waals surface area contributed by atoms with Gasteiger partial charge in [0.2, 0.25) is 0 Å². The molecule has 1 aliphatic rings. The Kier molecular flexibility index (Phi) is 3.96. The zero-order valence-corrected chi connectivity index (χ0v) is 10.5. The van der Waals surface area contributed by atoms with E-state index < -0.39 is 0 Å². The summed E-state index contributed by atoms with van der Waals surface area (Å²) in [4.78, 5) is 5.09. The SMILES string of the molecule is CCN(C1CCN(C)CC1)C(C)(C)C. The molecule has 0 N–H and O–H groups in total. The van der Waals surface area contributed by atoms with E-state index in [2.05, 4.69) is 44.5 Å². The Labute approximate surface area is 89.3 Å². The Morgan fingerprint density at radius 2 is 1.71 bits per heavy atom. The van der Waals surface area contributed by atoms with Crippen molar-refractivity contribution < 1.29 is 0 Å². The molecule has 0 aromatic rings. The van der Waals surface area contributed by atoms with Crippen LogP contribution in [0.25, 0.3) is 0 Å². The van der Waals surface area contributed by atoms with Crippen LogP contribution in [-0.4, -0.2) is 48.1 Å². The third-order valence-corrected chi connectivity index (χ3v) is 3.33. The summed E-state index contributed by atoms with van der Waals surface area (Å²) in [6.45, 7) is 13.0. The van der Waals surface area contributed by atoms with Gasteiger partial charge in [-0.2, -0.15) is 0 Å². The molecule has 0 radical (unpaired) electrons. The first-order chi connectivity index (χ1) is 6.45. The predicted octanol–water partition coefficient (Wildman–Crippen LogP) is 2.20. The third kappa shape index (κ3) is 2.96. The summed E-state index contributed by atoms with van der Waals surface area (Å²) in [6, 6.07) is 0.802. The van der Waals surface area contributed by atoms with Crippen molar-refractivity contribution in [1.29, 1.82) is 0 Å². The van der Waals surface area contributed by atoms with Gasteiger partial charge in [0.15, 0.2) is 0 Å². The molecule has 0 saturated carbocycles. The molecule has 0 unspecified atom stereocenters. The fourth-order valence-electron chi connectivity index (χ4n) is 2.59. The Bertz CT molecular complexity index is 164. The van der Waals surface area contributed by atoms with E-state index in [0.29, 0.717) is 5.54 Å². The van der Waals surface area contributed by atoms with Crippen LogP contribution in [0, 0.1) is 0 Å². The van der Waals surface area contributed by atoms with Gasteiger partial charge < -0.3 is 4.90 Å². The van der Waals surface area contributed by atoms with Crippen molar-refractivity contribution in [2.24, 2.45) is 0 Å². The van der Waals surface area contributed by atoms with Gasteiger partial charge >= 0.3 is 0 Å². The van der Waals surface area contributed by atoms with Crippen molar-refractivity contribution >= 4 is 0 Å². The van der Waals surface area contributed by atoms with E-state index >= 15 is 0 Å². The van der Waals surface area contributed by atoms with E-state index in [9.17, 15) is 0 Å². The third-order valence-electron chi connectivity index (χ3n) is 3.33. The van der Waals surface area contributed by atoms with Crippen LogP contribution in [0.1, 0.15) is 40.5 Å². The normalized spacial score (nSPS) is 21.9. The van der Waals surface area contributed by atoms with E-state index in [1.807, 2.05) is 0 Å². The fraction of sp³-hybridized carbons (Fsp3) is 1.00. The van der Waals surface area contributed by atoms with Crippen molar-refractivity contribution in [3.63, 3.8) is 0 Å². The minimum atomic E-state index is 0.329. The molecule has 0 aromatic carbocycles. The molecule has 0 aliphatic carbocycles. The van der Waals surface area contributed by atoms with Crippen LogP contribution in [0.3, 0.4) is 0 Å². The summed E-state index contributed by atoms with van der Waals surface area (Å²) in [5.41, 5.74) is 0.329. The van der Waals surface area contributed by atoms with Crippen LogP contribution in [0.5, 0.6) is 0 Å². The highest BCUT2D eigenvalue weighted by Gasteiger charge is 2.29. The number of likely N-dealkylation sites (tertiary alicyclic amines) is 1. The molecular formula is C12H26N2. The number of rotatable bonds is 2. The van der Waals surface area contributed by atoms with Crippen molar-refractivity contribution in [3.05, 3.63) is 0 Å². The highest BCUT2D eigenvalue weighted by atomic mass is 15.2. The van der Waals surface area contributed by atoms with Crippen molar-refractivity contribution in [2.75, 3.05) is 26.7 Å². The smallest absolute Gasteiger partial charge is 0.0127 e. The van der Waals surface area contributed by atoms with Crippen LogP contribution in [0.4, 0.5) is 0 Å². The number of hydrogen-bond acceptors (Lipinski definition) is 2. The van der Waals surface area contributed by atoms with E-state index in [0.717, 1.165) is 6.04 Å². The maximum absolute atomic E-state index is 2.65. The fourth-order valence-corrected chi connectivity index (χ4v) is 2.59. The summed E-state index contributed by atoms with van der Waals surface area (Å²) in [7, 11) is 2.23. The first kappa shape index (κ1) is 12.0. The number of hydrogen-bond donors (Lipinski definition) is 0. The van der Waals surface area contributed by atoms with Gasteiger partial charge in [-0.15, -0.1) is 0 Å². The quantitative estimate of drug-likeness (QED) is 0.671. The summed E-state index contributed by atoms with van der Waals surface area (Å²) in [5.74, 6) is 0. The van der Waals surface area contributed by atoms with E-state index in [4.69, 9.17) is 0 Å². The lowest BCUT2D eigenvalue weighted by molar-refractivity contribution is 0.0503. The average Bonchev–Trinajstić information content (AvgIpc) is 2.07. The van der Waals surface area contributed by atoms with Gasteiger partial charge in [-0.1, -0.05) is 6.92 Å². The average molecular weight is 198 g/mol. The summed E-state index contributed by atoms with van der Waals surface area (Å²) >= 11 is 0. The molecule has 1 aliphatic heterocycles. The molecule has 1 rings (SSSR count). The first-order valence-corrected chi connectivity index (χ1v) is 5.90. The first-order valence-electron chi connectivity index (χ1n) is 5.90. The number of nitrogens with zero attached hydrogens (tertiary/aromatic N) is 2. The lowest BCUT2D eigenvalue weighted by Crippen LogP contribution is -2.51. The Morgan fingerprint density at radius 3 is 2.07 bits per heavy atom. The van der Waals surface area contributed by atoms with Crippen LogP contribution in [0.2, 0.25) is 0 Å². The molecule has 0 spiro atoms. The monoisotopic (exact) mass is 198 g/mol. The highest BCUT2D eigenvalue weighted by Crippen LogP contribution is 2.23. The van der Waals surface area contributed by atoms with Gasteiger partial charge in [0.25, 0.3) is 0 Å². The zero-order valence-electron chi connectivity index (χ0n) is 10.5. The van der Waals surface area contributed by atoms with Crippen molar-refractivity contribution in [2.45, 2.75) is 52.1 Å². The van der Waals surface area contributed by atoms with Crippen molar-refractivity contribution in [3.8, 4) is 0 Å². The largest absolute Gasteiger partial charge is 0.306 e. The van der Waals surface area contributed by atoms with Gasteiger partial charge in [-0.05, 0) is 60.3 Å². The lowest BCUT2D eigenvalue weighted by atomic mass is 9.96. The maximum atomic E-state index is 2.65. The molecule has 0 amide bonds. The minimum Gasteiger partial charge on any atom is -0.306 e. The maximum Gasteiger partial charge on any atom is 0.0127 e. The van der Waals surface area contributed by atoms with Crippen molar-refractivity contribution in [1.82, 2.24) is 9.80 Å². The summed E-state index contributed by atoms with van der Waals surface area (Å²) in [6.07, 6.45) is 2.67. The van der Waals surface area contributed by atoms with Crippen LogP contribution in [0.15, 0.2) is 0 Å². The molecule has 1 fully saturated rings. The van der Waals surface area contributed by atoms with Crippen LogP contribution in [-0.2, 0) is 0 Å². The highest BCUT2D eigenvalue weighted by molar-refractivity contribution is 4.85. The topological polar surface area (TPSA) is 6.48 Å². The Morgan fingerprint density at radius 1 is 1.21 bits per heavy atom. The second-order valence-electron chi connectivity index (χ2n) is 5.49. The molecule has 14 heavy (non-hydrogen) atoms.